The summed E-state index contributed by atoms with van der Waals surface area (Å²) in [7, 11) is 0. The first kappa shape index (κ1) is 13.8. The summed E-state index contributed by atoms with van der Waals surface area (Å²) >= 11 is 5.66. The minimum atomic E-state index is -0.920. The normalized spacial score (nSPS) is 20.3. The third kappa shape index (κ3) is 2.68. The van der Waals surface area contributed by atoms with Crippen LogP contribution in [0.4, 0.5) is 4.39 Å². The fourth-order valence-corrected chi connectivity index (χ4v) is 2.60. The molecule has 2 rings (SSSR count). The van der Waals surface area contributed by atoms with Gasteiger partial charge < -0.3 is 10.0 Å². The maximum atomic E-state index is 13.5. The average molecular weight is 272 g/mol. The molecule has 0 radical (unpaired) electrons. The second kappa shape index (κ2) is 5.16. The van der Waals surface area contributed by atoms with Crippen molar-refractivity contribution in [1.29, 1.82) is 0 Å². The van der Waals surface area contributed by atoms with E-state index < -0.39 is 11.4 Å². The first-order valence-electron chi connectivity index (χ1n) is 6.34. The fraction of sp³-hybridized carbons (Fsp3) is 0.571. The molecule has 1 aliphatic heterocycles. The molecule has 100 valence electrons. The molecule has 1 fully saturated rings. The lowest BCUT2D eigenvalue weighted by Crippen LogP contribution is -2.45. The maximum Gasteiger partial charge on any atom is 0.142 e. The Morgan fingerprint density at radius 2 is 1.94 bits per heavy atom. The van der Waals surface area contributed by atoms with Crippen molar-refractivity contribution in [3.63, 3.8) is 0 Å². The topological polar surface area (TPSA) is 23.5 Å². The highest BCUT2D eigenvalue weighted by atomic mass is 35.5. The summed E-state index contributed by atoms with van der Waals surface area (Å²) in [6, 6.07) is 5.07. The van der Waals surface area contributed by atoms with Crippen molar-refractivity contribution in [2.24, 2.45) is 0 Å². The SMILES string of the molecule is CC(C)N1CCC(O)(c2ccc(Cl)c(F)c2)CC1. The summed E-state index contributed by atoms with van der Waals surface area (Å²) in [5.74, 6) is -0.464. The van der Waals surface area contributed by atoms with Gasteiger partial charge in [-0.1, -0.05) is 17.7 Å². The van der Waals surface area contributed by atoms with E-state index in [2.05, 4.69) is 18.7 Å². The summed E-state index contributed by atoms with van der Waals surface area (Å²) in [5.41, 5.74) is -0.288. The number of rotatable bonds is 2. The number of likely N-dealkylation sites (tertiary alicyclic amines) is 1. The van der Waals surface area contributed by atoms with Crippen LogP contribution in [0.2, 0.25) is 5.02 Å². The number of piperidine rings is 1. The zero-order valence-electron chi connectivity index (χ0n) is 10.8. The molecule has 18 heavy (non-hydrogen) atoms. The molecule has 1 heterocycles. The van der Waals surface area contributed by atoms with E-state index >= 15 is 0 Å². The van der Waals surface area contributed by atoms with Crippen LogP contribution in [-0.2, 0) is 5.60 Å². The van der Waals surface area contributed by atoms with Crippen LogP contribution < -0.4 is 0 Å². The molecule has 0 saturated carbocycles. The molecular formula is C14H19ClFNO. The van der Waals surface area contributed by atoms with Gasteiger partial charge in [-0.15, -0.1) is 0 Å². The second-order valence-corrected chi connectivity index (χ2v) is 5.70. The van der Waals surface area contributed by atoms with Gasteiger partial charge in [0.2, 0.25) is 0 Å². The van der Waals surface area contributed by atoms with E-state index in [4.69, 9.17) is 11.6 Å². The van der Waals surface area contributed by atoms with Gasteiger partial charge in [0.25, 0.3) is 0 Å². The minimum Gasteiger partial charge on any atom is -0.385 e. The molecule has 0 atom stereocenters. The molecule has 0 aromatic heterocycles. The highest BCUT2D eigenvalue weighted by Crippen LogP contribution is 2.34. The number of nitrogens with zero attached hydrogens (tertiary/aromatic N) is 1. The summed E-state index contributed by atoms with van der Waals surface area (Å²) < 4.78 is 13.5. The highest BCUT2D eigenvalue weighted by molar-refractivity contribution is 6.30. The van der Waals surface area contributed by atoms with Gasteiger partial charge in [-0.25, -0.2) is 4.39 Å². The molecule has 2 nitrogen and oxygen atoms in total. The molecule has 1 aromatic rings. The van der Waals surface area contributed by atoms with Crippen LogP contribution in [0.3, 0.4) is 0 Å². The average Bonchev–Trinajstić information content (AvgIpc) is 2.33. The first-order chi connectivity index (χ1) is 8.42. The zero-order valence-corrected chi connectivity index (χ0v) is 11.5. The van der Waals surface area contributed by atoms with E-state index in [1.54, 1.807) is 6.07 Å². The van der Waals surface area contributed by atoms with Crippen molar-refractivity contribution in [2.75, 3.05) is 13.1 Å². The molecule has 0 amide bonds. The third-order valence-electron chi connectivity index (χ3n) is 3.81. The van der Waals surface area contributed by atoms with Crippen LogP contribution in [-0.4, -0.2) is 29.1 Å². The molecule has 0 aliphatic carbocycles. The van der Waals surface area contributed by atoms with Gasteiger partial charge in [0.1, 0.15) is 5.82 Å². The molecule has 1 aromatic carbocycles. The molecule has 0 spiro atoms. The number of halogens is 2. The quantitative estimate of drug-likeness (QED) is 0.893. The van der Waals surface area contributed by atoms with E-state index in [9.17, 15) is 9.50 Å². The molecule has 0 bridgehead atoms. The van der Waals surface area contributed by atoms with Crippen molar-refractivity contribution in [1.82, 2.24) is 4.90 Å². The smallest absolute Gasteiger partial charge is 0.142 e. The Balaban J connectivity index is 2.15. The third-order valence-corrected chi connectivity index (χ3v) is 4.12. The van der Waals surface area contributed by atoms with Crippen LogP contribution in [0.15, 0.2) is 18.2 Å². The number of hydrogen-bond acceptors (Lipinski definition) is 2. The number of aliphatic hydroxyl groups is 1. The monoisotopic (exact) mass is 271 g/mol. The molecule has 4 heteroatoms. The largest absolute Gasteiger partial charge is 0.385 e. The molecule has 1 N–H and O–H groups in total. The molecular weight excluding hydrogens is 253 g/mol. The van der Waals surface area contributed by atoms with Crippen molar-refractivity contribution < 1.29 is 9.50 Å². The highest BCUT2D eigenvalue weighted by Gasteiger charge is 2.34. The van der Waals surface area contributed by atoms with Crippen molar-refractivity contribution in [3.8, 4) is 0 Å². The van der Waals surface area contributed by atoms with E-state index in [1.165, 1.54) is 12.1 Å². The van der Waals surface area contributed by atoms with E-state index in [-0.39, 0.29) is 5.02 Å². The van der Waals surface area contributed by atoms with Gasteiger partial charge in [0.15, 0.2) is 0 Å². The Bertz CT molecular complexity index is 428. The fourth-order valence-electron chi connectivity index (χ4n) is 2.48. The van der Waals surface area contributed by atoms with Gasteiger partial charge in [-0.3, -0.25) is 0 Å². The van der Waals surface area contributed by atoms with E-state index in [0.717, 1.165) is 13.1 Å². The lowest BCUT2D eigenvalue weighted by atomic mass is 9.84. The van der Waals surface area contributed by atoms with Crippen molar-refractivity contribution in [3.05, 3.63) is 34.6 Å². The predicted octanol–water partition coefficient (Wildman–Crippen LogP) is 3.17. The Morgan fingerprint density at radius 1 is 1.33 bits per heavy atom. The van der Waals surface area contributed by atoms with E-state index in [1.807, 2.05) is 0 Å². The Morgan fingerprint density at radius 3 is 2.44 bits per heavy atom. The Kier molecular flexibility index (Phi) is 3.95. The molecule has 1 aliphatic rings. The van der Waals surface area contributed by atoms with Crippen LogP contribution in [0, 0.1) is 5.82 Å². The Hall–Kier alpha value is -0.640. The summed E-state index contributed by atoms with van der Waals surface area (Å²) in [6.45, 7) is 5.95. The summed E-state index contributed by atoms with van der Waals surface area (Å²) in [4.78, 5) is 2.32. The number of hydrogen-bond donors (Lipinski definition) is 1. The van der Waals surface area contributed by atoms with Crippen molar-refractivity contribution >= 4 is 11.6 Å². The van der Waals surface area contributed by atoms with Crippen molar-refractivity contribution in [2.45, 2.75) is 38.3 Å². The lowest BCUT2D eigenvalue weighted by molar-refractivity contribution is -0.0325. The van der Waals surface area contributed by atoms with Gasteiger partial charge in [-0.2, -0.15) is 0 Å². The lowest BCUT2D eigenvalue weighted by Gasteiger charge is -2.40. The van der Waals surface area contributed by atoms with Gasteiger partial charge >= 0.3 is 0 Å². The second-order valence-electron chi connectivity index (χ2n) is 5.29. The summed E-state index contributed by atoms with van der Waals surface area (Å²) in [6.07, 6.45) is 1.26. The standard InChI is InChI=1S/C14H19ClFNO/c1-10(2)17-7-5-14(18,6-8-17)11-3-4-12(15)13(16)9-11/h3-4,9-10,18H,5-8H2,1-2H3. The van der Waals surface area contributed by atoms with Crippen LogP contribution in [0.25, 0.3) is 0 Å². The first-order valence-corrected chi connectivity index (χ1v) is 6.72. The molecule has 1 saturated heterocycles. The Labute approximate surface area is 112 Å². The van der Waals surface area contributed by atoms with Gasteiger partial charge in [-0.05, 0) is 44.4 Å². The molecule has 0 unspecified atom stereocenters. The summed E-state index contributed by atoms with van der Waals surface area (Å²) in [5, 5.41) is 10.7. The van der Waals surface area contributed by atoms with Gasteiger partial charge in [0, 0.05) is 19.1 Å². The minimum absolute atomic E-state index is 0.0990. The zero-order chi connectivity index (χ0) is 13.3. The van der Waals surface area contributed by atoms with Gasteiger partial charge in [0.05, 0.1) is 10.6 Å². The number of benzene rings is 1. The van der Waals surface area contributed by atoms with E-state index in [0.29, 0.717) is 24.4 Å². The van der Waals surface area contributed by atoms with Crippen LogP contribution in [0.1, 0.15) is 32.3 Å². The maximum absolute atomic E-state index is 13.5. The predicted molar refractivity (Wildman–Crippen MR) is 71.2 cm³/mol. The van der Waals surface area contributed by atoms with Crippen LogP contribution >= 0.6 is 11.6 Å². The van der Waals surface area contributed by atoms with Crippen LogP contribution in [0.5, 0.6) is 0 Å².